The van der Waals surface area contributed by atoms with Crippen LogP contribution in [-0.2, 0) is 4.79 Å². The molecule has 3 rings (SSSR count). The van der Waals surface area contributed by atoms with Crippen LogP contribution in [0.3, 0.4) is 0 Å². The molecule has 1 amide bonds. The fourth-order valence-electron chi connectivity index (χ4n) is 3.86. The molecule has 19 heavy (non-hydrogen) atoms. The number of rotatable bonds is 1. The van der Waals surface area contributed by atoms with Crippen molar-refractivity contribution in [2.24, 2.45) is 0 Å². The van der Waals surface area contributed by atoms with Gasteiger partial charge in [0.2, 0.25) is 5.91 Å². The summed E-state index contributed by atoms with van der Waals surface area (Å²) in [5.41, 5.74) is 1.42. The Labute approximate surface area is 115 Å². The summed E-state index contributed by atoms with van der Waals surface area (Å²) in [7, 11) is 0. The lowest BCUT2D eigenvalue weighted by molar-refractivity contribution is -0.126. The van der Waals surface area contributed by atoms with Crippen molar-refractivity contribution in [3.63, 3.8) is 0 Å². The van der Waals surface area contributed by atoms with Crippen molar-refractivity contribution in [1.29, 1.82) is 0 Å². The van der Waals surface area contributed by atoms with Gasteiger partial charge in [0.1, 0.15) is 0 Å². The van der Waals surface area contributed by atoms with E-state index < -0.39 is 0 Å². The summed E-state index contributed by atoms with van der Waals surface area (Å²) in [6.45, 7) is 0. The minimum absolute atomic E-state index is 0.0896. The van der Waals surface area contributed by atoms with E-state index in [1.54, 1.807) is 0 Å². The third-order valence-corrected chi connectivity index (χ3v) is 4.81. The van der Waals surface area contributed by atoms with Crippen molar-refractivity contribution in [3.05, 3.63) is 35.9 Å². The Bertz CT molecular complexity index is 432. The highest BCUT2D eigenvalue weighted by molar-refractivity contribution is 5.79. The minimum atomic E-state index is 0.0896. The van der Waals surface area contributed by atoms with E-state index in [1.165, 1.54) is 44.1 Å². The zero-order chi connectivity index (χ0) is 13.1. The molecule has 1 aliphatic heterocycles. The monoisotopic (exact) mass is 257 g/mol. The second-order valence-electron chi connectivity index (χ2n) is 6.26. The van der Waals surface area contributed by atoms with Crippen LogP contribution in [0.1, 0.15) is 62.8 Å². The molecule has 2 nitrogen and oxygen atoms in total. The summed E-state index contributed by atoms with van der Waals surface area (Å²) in [6, 6.07) is 10.6. The summed E-state index contributed by atoms with van der Waals surface area (Å²) < 4.78 is 0. The third-order valence-electron chi connectivity index (χ3n) is 4.81. The van der Waals surface area contributed by atoms with Gasteiger partial charge < -0.3 is 5.32 Å². The van der Waals surface area contributed by atoms with Crippen molar-refractivity contribution in [2.45, 2.75) is 62.8 Å². The average Bonchev–Trinajstić information content (AvgIpc) is 2.64. The van der Waals surface area contributed by atoms with Gasteiger partial charge in [-0.25, -0.2) is 0 Å². The largest absolute Gasteiger partial charge is 0.351 e. The maximum atomic E-state index is 12.1. The molecule has 1 aromatic rings. The van der Waals surface area contributed by atoms with Crippen molar-refractivity contribution in [3.8, 4) is 0 Å². The van der Waals surface area contributed by atoms with E-state index in [4.69, 9.17) is 0 Å². The van der Waals surface area contributed by atoms with Crippen LogP contribution in [0.15, 0.2) is 30.3 Å². The normalized spacial score (nSPS) is 26.7. The second kappa shape index (κ2) is 5.36. The van der Waals surface area contributed by atoms with Gasteiger partial charge in [-0.3, -0.25) is 4.79 Å². The lowest BCUT2D eigenvalue weighted by Gasteiger charge is -2.41. The van der Waals surface area contributed by atoms with Gasteiger partial charge in [-0.1, -0.05) is 56.0 Å². The van der Waals surface area contributed by atoms with Crippen LogP contribution >= 0.6 is 0 Å². The summed E-state index contributed by atoms with van der Waals surface area (Å²) in [5.74, 6) is 0.662. The summed E-state index contributed by atoms with van der Waals surface area (Å²) in [4.78, 5) is 12.1. The Kier molecular flexibility index (Phi) is 3.58. The molecule has 0 radical (unpaired) electrons. The van der Waals surface area contributed by atoms with Gasteiger partial charge in [0.25, 0.3) is 0 Å². The van der Waals surface area contributed by atoms with E-state index in [1.807, 2.05) is 6.07 Å². The highest BCUT2D eigenvalue weighted by Crippen LogP contribution is 2.40. The number of carbonyl (C=O) groups excluding carboxylic acids is 1. The molecule has 1 N–H and O–H groups in total. The Hall–Kier alpha value is -1.31. The van der Waals surface area contributed by atoms with Crippen LogP contribution in [-0.4, -0.2) is 11.4 Å². The first-order valence-electron chi connectivity index (χ1n) is 7.63. The molecule has 0 aromatic heterocycles. The summed E-state index contributed by atoms with van der Waals surface area (Å²) in [6.07, 6.45) is 9.31. The predicted octanol–water partition coefficient (Wildman–Crippen LogP) is 3.77. The van der Waals surface area contributed by atoms with E-state index in [0.29, 0.717) is 12.3 Å². The fourth-order valence-corrected chi connectivity index (χ4v) is 3.86. The average molecular weight is 257 g/mol. The fraction of sp³-hybridized carbons (Fsp3) is 0.588. The number of piperidine rings is 1. The van der Waals surface area contributed by atoms with Crippen LogP contribution in [0.5, 0.6) is 0 Å². The molecular formula is C17H23NO. The van der Waals surface area contributed by atoms with E-state index in [2.05, 4.69) is 29.6 Å². The van der Waals surface area contributed by atoms with Crippen LogP contribution in [0.25, 0.3) is 0 Å². The molecule has 1 spiro atoms. The van der Waals surface area contributed by atoms with E-state index in [-0.39, 0.29) is 11.4 Å². The molecule has 1 saturated carbocycles. The molecule has 0 bridgehead atoms. The Balaban J connectivity index is 1.82. The van der Waals surface area contributed by atoms with Crippen LogP contribution in [0.2, 0.25) is 0 Å². The van der Waals surface area contributed by atoms with Crippen molar-refractivity contribution < 1.29 is 4.79 Å². The van der Waals surface area contributed by atoms with Gasteiger partial charge in [0.05, 0.1) is 0 Å². The number of benzene rings is 1. The molecule has 2 heteroatoms. The van der Waals surface area contributed by atoms with Gasteiger partial charge in [-0.15, -0.1) is 0 Å². The zero-order valence-electron chi connectivity index (χ0n) is 11.5. The highest BCUT2D eigenvalue weighted by Gasteiger charge is 2.39. The number of hydrogen-bond donors (Lipinski definition) is 1. The number of hydrogen-bond acceptors (Lipinski definition) is 1. The molecule has 1 aromatic carbocycles. The topological polar surface area (TPSA) is 29.1 Å². The van der Waals surface area contributed by atoms with Gasteiger partial charge in [0, 0.05) is 12.0 Å². The second-order valence-corrected chi connectivity index (χ2v) is 6.26. The molecule has 2 fully saturated rings. The Morgan fingerprint density at radius 3 is 2.37 bits per heavy atom. The third kappa shape index (κ3) is 2.83. The zero-order valence-corrected chi connectivity index (χ0v) is 11.5. The number of carbonyl (C=O) groups is 1. The van der Waals surface area contributed by atoms with Gasteiger partial charge >= 0.3 is 0 Å². The van der Waals surface area contributed by atoms with Crippen LogP contribution in [0.4, 0.5) is 0 Å². The first-order valence-corrected chi connectivity index (χ1v) is 7.63. The SMILES string of the molecule is O=C1CC(c2ccccc2)CC2(CCCCCC2)N1. The quantitative estimate of drug-likeness (QED) is 0.815. The number of amides is 1. The van der Waals surface area contributed by atoms with Crippen molar-refractivity contribution in [1.82, 2.24) is 5.32 Å². The lowest BCUT2D eigenvalue weighted by atomic mass is 9.74. The number of nitrogens with one attached hydrogen (secondary N) is 1. The van der Waals surface area contributed by atoms with Crippen LogP contribution < -0.4 is 5.32 Å². The lowest BCUT2D eigenvalue weighted by Crippen LogP contribution is -2.53. The van der Waals surface area contributed by atoms with Gasteiger partial charge in [-0.05, 0) is 30.7 Å². The Morgan fingerprint density at radius 1 is 1.00 bits per heavy atom. The maximum absolute atomic E-state index is 12.1. The van der Waals surface area contributed by atoms with Gasteiger partial charge in [0.15, 0.2) is 0 Å². The van der Waals surface area contributed by atoms with Crippen molar-refractivity contribution >= 4 is 5.91 Å². The van der Waals surface area contributed by atoms with E-state index in [0.717, 1.165) is 6.42 Å². The smallest absolute Gasteiger partial charge is 0.221 e. The molecule has 1 unspecified atom stereocenters. The van der Waals surface area contributed by atoms with Crippen LogP contribution in [0, 0.1) is 0 Å². The maximum Gasteiger partial charge on any atom is 0.221 e. The van der Waals surface area contributed by atoms with Crippen molar-refractivity contribution in [2.75, 3.05) is 0 Å². The Morgan fingerprint density at radius 2 is 1.68 bits per heavy atom. The predicted molar refractivity (Wildman–Crippen MR) is 77.0 cm³/mol. The molecule has 2 aliphatic rings. The standard InChI is InChI=1S/C17H23NO/c19-16-12-15(14-8-4-3-5-9-14)13-17(18-16)10-6-1-2-7-11-17/h3-5,8-9,15H,1-2,6-7,10-13H2,(H,18,19). The van der Waals surface area contributed by atoms with E-state index in [9.17, 15) is 4.79 Å². The van der Waals surface area contributed by atoms with E-state index >= 15 is 0 Å². The molecule has 1 heterocycles. The first kappa shape index (κ1) is 12.7. The van der Waals surface area contributed by atoms with Gasteiger partial charge in [-0.2, -0.15) is 0 Å². The molecule has 1 atom stereocenters. The summed E-state index contributed by atoms with van der Waals surface area (Å²) >= 11 is 0. The first-order chi connectivity index (χ1) is 9.27. The molecule has 102 valence electrons. The molecular weight excluding hydrogens is 234 g/mol. The minimum Gasteiger partial charge on any atom is -0.351 e. The summed E-state index contributed by atoms with van der Waals surface area (Å²) in [5, 5.41) is 3.33. The highest BCUT2D eigenvalue weighted by atomic mass is 16.1. The molecule has 1 saturated heterocycles. The molecule has 1 aliphatic carbocycles.